The van der Waals surface area contributed by atoms with Crippen LogP contribution in [0.5, 0.6) is 0 Å². The molecule has 5 heteroatoms. The van der Waals surface area contributed by atoms with E-state index in [2.05, 4.69) is 21.2 Å². The van der Waals surface area contributed by atoms with Crippen molar-refractivity contribution in [2.24, 2.45) is 0 Å². The second-order valence-electron chi connectivity index (χ2n) is 4.06. The zero-order chi connectivity index (χ0) is 11.9. The smallest absolute Gasteiger partial charge is 0.373 e. The molecule has 0 bridgehead atoms. The van der Waals surface area contributed by atoms with E-state index in [-0.39, 0.29) is 6.42 Å². The van der Waals surface area contributed by atoms with Crippen molar-refractivity contribution in [1.29, 1.82) is 0 Å². The molecule has 0 radical (unpaired) electrons. The number of benzene rings is 1. The molecule has 88 valence electrons. The Labute approximate surface area is 100 Å². The highest BCUT2D eigenvalue weighted by molar-refractivity contribution is 9.10. The van der Waals surface area contributed by atoms with Crippen molar-refractivity contribution in [3.05, 3.63) is 27.7 Å². The maximum atomic E-state index is 12.6. The van der Waals surface area contributed by atoms with Crippen molar-refractivity contribution in [2.75, 3.05) is 5.32 Å². The fourth-order valence-electron chi connectivity index (χ4n) is 1.96. The van der Waals surface area contributed by atoms with Crippen LogP contribution in [0.25, 0.3) is 0 Å². The van der Waals surface area contributed by atoms with Crippen LogP contribution in [0.15, 0.2) is 16.6 Å². The number of anilines is 1. The van der Waals surface area contributed by atoms with Crippen LogP contribution in [0.4, 0.5) is 18.9 Å². The molecule has 1 aromatic rings. The molecule has 0 fully saturated rings. The highest BCUT2D eigenvalue weighted by Gasteiger charge is 2.41. The molecule has 1 aromatic carbocycles. The third-order valence-corrected chi connectivity index (χ3v) is 3.36. The summed E-state index contributed by atoms with van der Waals surface area (Å²) < 4.78 is 38.4. The van der Waals surface area contributed by atoms with Gasteiger partial charge in [-0.1, -0.05) is 6.07 Å². The highest BCUT2D eigenvalue weighted by atomic mass is 79.9. The molecular weight excluding hydrogens is 283 g/mol. The molecule has 1 atom stereocenters. The monoisotopic (exact) mass is 293 g/mol. The van der Waals surface area contributed by atoms with Crippen molar-refractivity contribution in [2.45, 2.75) is 32.0 Å². The van der Waals surface area contributed by atoms with Crippen LogP contribution in [0.2, 0.25) is 0 Å². The Kier molecular flexibility index (Phi) is 2.90. The quantitative estimate of drug-likeness (QED) is 0.761. The topological polar surface area (TPSA) is 12.0 Å². The van der Waals surface area contributed by atoms with Gasteiger partial charge >= 0.3 is 6.18 Å². The molecule has 0 saturated carbocycles. The highest BCUT2D eigenvalue weighted by Crippen LogP contribution is 2.37. The van der Waals surface area contributed by atoms with Gasteiger partial charge in [0.05, 0.1) is 5.69 Å². The molecule has 1 unspecified atom stereocenters. The summed E-state index contributed by atoms with van der Waals surface area (Å²) in [5.74, 6) is 0. The molecule has 0 aromatic heterocycles. The van der Waals surface area contributed by atoms with Crippen molar-refractivity contribution >= 4 is 21.6 Å². The van der Waals surface area contributed by atoms with Gasteiger partial charge in [0.15, 0.2) is 0 Å². The fourth-order valence-corrected chi connectivity index (χ4v) is 2.69. The van der Waals surface area contributed by atoms with Gasteiger partial charge in [-0.15, -0.1) is 0 Å². The first-order chi connectivity index (χ1) is 7.38. The summed E-state index contributed by atoms with van der Waals surface area (Å²) in [6.07, 6.45) is -3.61. The van der Waals surface area contributed by atoms with E-state index >= 15 is 0 Å². The lowest BCUT2D eigenvalue weighted by molar-refractivity contribution is -0.144. The van der Waals surface area contributed by atoms with Crippen LogP contribution in [-0.2, 0) is 6.42 Å². The zero-order valence-electron chi connectivity index (χ0n) is 8.66. The van der Waals surface area contributed by atoms with Crippen molar-refractivity contribution in [3.63, 3.8) is 0 Å². The Bertz CT molecular complexity index is 414. The van der Waals surface area contributed by atoms with E-state index in [1.165, 1.54) is 0 Å². The molecule has 16 heavy (non-hydrogen) atoms. The van der Waals surface area contributed by atoms with Gasteiger partial charge in [0.1, 0.15) is 6.04 Å². The molecule has 0 amide bonds. The van der Waals surface area contributed by atoms with Crippen molar-refractivity contribution < 1.29 is 13.2 Å². The van der Waals surface area contributed by atoms with Crippen LogP contribution in [0.3, 0.4) is 0 Å². The number of hydrogen-bond donors (Lipinski definition) is 1. The first kappa shape index (κ1) is 11.8. The van der Waals surface area contributed by atoms with Gasteiger partial charge in [0, 0.05) is 4.47 Å². The number of rotatable bonds is 0. The number of hydrogen-bond acceptors (Lipinski definition) is 1. The molecule has 2 rings (SSSR count). The largest absolute Gasteiger partial charge is 0.408 e. The SMILES string of the molecule is Cc1cc(Br)c2c(c1)CCC(C(F)(F)F)N2. The lowest BCUT2D eigenvalue weighted by Gasteiger charge is -2.29. The molecule has 1 aliphatic rings. The Morgan fingerprint density at radius 1 is 1.38 bits per heavy atom. The van der Waals surface area contributed by atoms with Gasteiger partial charge in [-0.25, -0.2) is 0 Å². The van der Waals surface area contributed by atoms with Gasteiger partial charge in [0.2, 0.25) is 0 Å². The van der Waals surface area contributed by atoms with Gasteiger partial charge in [-0.2, -0.15) is 13.2 Å². The first-order valence-corrected chi connectivity index (χ1v) is 5.79. The van der Waals surface area contributed by atoms with E-state index in [0.29, 0.717) is 16.6 Å². The number of aryl methyl sites for hydroxylation is 2. The van der Waals surface area contributed by atoms with E-state index in [1.54, 1.807) is 0 Å². The predicted octanol–water partition coefficient (Wildman–Crippen LogP) is 4.05. The minimum Gasteiger partial charge on any atom is -0.373 e. The summed E-state index contributed by atoms with van der Waals surface area (Å²) in [7, 11) is 0. The van der Waals surface area contributed by atoms with Gasteiger partial charge in [0.25, 0.3) is 0 Å². The third kappa shape index (κ3) is 2.19. The Morgan fingerprint density at radius 3 is 2.69 bits per heavy atom. The van der Waals surface area contributed by atoms with E-state index in [9.17, 15) is 13.2 Å². The van der Waals surface area contributed by atoms with E-state index in [0.717, 1.165) is 11.1 Å². The maximum absolute atomic E-state index is 12.6. The Balaban J connectivity index is 2.34. The fraction of sp³-hybridized carbons (Fsp3) is 0.455. The van der Waals surface area contributed by atoms with E-state index in [4.69, 9.17) is 0 Å². The normalized spacial score (nSPS) is 20.2. The van der Waals surface area contributed by atoms with Crippen molar-refractivity contribution in [3.8, 4) is 0 Å². The average molecular weight is 294 g/mol. The maximum Gasteiger partial charge on any atom is 0.408 e. The van der Waals surface area contributed by atoms with Crippen molar-refractivity contribution in [1.82, 2.24) is 0 Å². The van der Waals surface area contributed by atoms with Crippen LogP contribution in [0.1, 0.15) is 17.5 Å². The number of halogens is 4. The molecule has 1 nitrogen and oxygen atoms in total. The lowest BCUT2D eigenvalue weighted by Crippen LogP contribution is -2.39. The van der Waals surface area contributed by atoms with Gasteiger partial charge in [-0.05, 0) is 52.9 Å². The summed E-state index contributed by atoms with van der Waals surface area (Å²) in [6, 6.07) is 2.32. The predicted molar refractivity (Wildman–Crippen MR) is 60.7 cm³/mol. The number of nitrogens with one attached hydrogen (secondary N) is 1. The summed E-state index contributed by atoms with van der Waals surface area (Å²) in [5.41, 5.74) is 2.59. The molecule has 0 saturated heterocycles. The van der Waals surface area contributed by atoms with Crippen LogP contribution < -0.4 is 5.32 Å². The molecule has 0 spiro atoms. The standard InChI is InChI=1S/C11H11BrF3N/c1-6-4-7-2-3-9(11(13,14)15)16-10(7)8(12)5-6/h4-5,9,16H,2-3H2,1H3. The molecule has 1 N–H and O–H groups in total. The van der Waals surface area contributed by atoms with E-state index < -0.39 is 12.2 Å². The average Bonchev–Trinajstić information content (AvgIpc) is 2.15. The minimum atomic E-state index is -4.18. The van der Waals surface area contributed by atoms with E-state index in [1.807, 2.05) is 19.1 Å². The van der Waals surface area contributed by atoms with Crippen LogP contribution >= 0.6 is 15.9 Å². The van der Waals surface area contributed by atoms with Gasteiger partial charge < -0.3 is 5.32 Å². The molecule has 1 aliphatic heterocycles. The Morgan fingerprint density at radius 2 is 2.06 bits per heavy atom. The minimum absolute atomic E-state index is 0.104. The second kappa shape index (κ2) is 3.95. The summed E-state index contributed by atoms with van der Waals surface area (Å²) in [5, 5.41) is 2.56. The van der Waals surface area contributed by atoms with Gasteiger partial charge in [-0.3, -0.25) is 0 Å². The van der Waals surface area contributed by atoms with Crippen LogP contribution in [-0.4, -0.2) is 12.2 Å². The van der Waals surface area contributed by atoms with Crippen LogP contribution in [0, 0.1) is 6.92 Å². The lowest BCUT2D eigenvalue weighted by atomic mass is 9.96. The Hall–Kier alpha value is -0.710. The molecular formula is C11H11BrF3N. The number of alkyl halides is 3. The molecule has 0 aliphatic carbocycles. The summed E-state index contributed by atoms with van der Waals surface area (Å²) >= 11 is 3.30. The number of fused-ring (bicyclic) bond motifs is 1. The second-order valence-corrected chi connectivity index (χ2v) is 4.91. The third-order valence-electron chi connectivity index (χ3n) is 2.73. The molecule has 1 heterocycles. The summed E-state index contributed by atoms with van der Waals surface area (Å²) in [6.45, 7) is 1.93. The zero-order valence-corrected chi connectivity index (χ0v) is 10.2. The first-order valence-electron chi connectivity index (χ1n) is 5.00. The summed E-state index contributed by atoms with van der Waals surface area (Å²) in [4.78, 5) is 0.